The normalized spacial score (nSPS) is 11.8. The highest BCUT2D eigenvalue weighted by Gasteiger charge is 2.05. The third-order valence-electron chi connectivity index (χ3n) is 3.43. The first kappa shape index (κ1) is 18.9. The number of amides is 2. The molecule has 8 heteroatoms. The number of nitrogens with zero attached hydrogens (tertiary/aromatic N) is 4. The minimum atomic E-state index is -0.290. The Kier molecular flexibility index (Phi) is 7.11. The van der Waals surface area contributed by atoms with Crippen molar-refractivity contribution in [3.8, 4) is 0 Å². The molecule has 0 aliphatic heterocycles. The van der Waals surface area contributed by atoms with Crippen molar-refractivity contribution in [3.63, 3.8) is 0 Å². The van der Waals surface area contributed by atoms with Crippen LogP contribution in [0.3, 0.4) is 0 Å². The van der Waals surface area contributed by atoms with Crippen molar-refractivity contribution < 1.29 is 9.59 Å². The zero-order valence-corrected chi connectivity index (χ0v) is 14.6. The molecule has 0 saturated heterocycles. The number of pyridine rings is 2. The van der Waals surface area contributed by atoms with E-state index in [0.717, 1.165) is 11.4 Å². The van der Waals surface area contributed by atoms with E-state index in [9.17, 15) is 9.59 Å². The Hall–Kier alpha value is -3.42. The van der Waals surface area contributed by atoms with Crippen LogP contribution in [0.4, 0.5) is 0 Å². The molecule has 26 heavy (non-hydrogen) atoms. The molecule has 0 radical (unpaired) electrons. The van der Waals surface area contributed by atoms with Crippen LogP contribution in [-0.4, -0.2) is 33.2 Å². The summed E-state index contributed by atoms with van der Waals surface area (Å²) in [6, 6.07) is 6.45. The van der Waals surface area contributed by atoms with Crippen molar-refractivity contribution in [1.29, 1.82) is 0 Å². The van der Waals surface area contributed by atoms with Crippen LogP contribution in [0.15, 0.2) is 59.3 Å². The van der Waals surface area contributed by atoms with Crippen LogP contribution in [-0.2, 0) is 0 Å². The van der Waals surface area contributed by atoms with Gasteiger partial charge in [0, 0.05) is 47.3 Å². The summed E-state index contributed by atoms with van der Waals surface area (Å²) in [4.78, 5) is 31.5. The van der Waals surface area contributed by atoms with Crippen molar-refractivity contribution in [1.82, 2.24) is 20.8 Å². The van der Waals surface area contributed by atoms with Gasteiger partial charge in [0.05, 0.1) is 0 Å². The lowest BCUT2D eigenvalue weighted by Crippen LogP contribution is -2.20. The zero-order chi connectivity index (χ0) is 18.8. The summed E-state index contributed by atoms with van der Waals surface area (Å²) >= 11 is 0. The molecule has 134 valence electrons. The molecule has 0 fully saturated rings. The SMILES string of the molecule is C/C(CC/C(C)=N/NC(=O)c1ccncc1)=N\NC(=O)c1ccncc1. The van der Waals surface area contributed by atoms with Gasteiger partial charge < -0.3 is 0 Å². The van der Waals surface area contributed by atoms with Gasteiger partial charge in [-0.25, -0.2) is 10.9 Å². The largest absolute Gasteiger partial charge is 0.271 e. The summed E-state index contributed by atoms with van der Waals surface area (Å²) in [6.07, 6.45) is 7.41. The fourth-order valence-corrected chi connectivity index (χ4v) is 1.90. The Morgan fingerprint density at radius 2 is 1.12 bits per heavy atom. The fraction of sp³-hybridized carbons (Fsp3) is 0.222. The average Bonchev–Trinajstić information content (AvgIpc) is 2.69. The second kappa shape index (κ2) is 9.77. The van der Waals surface area contributed by atoms with E-state index < -0.39 is 0 Å². The van der Waals surface area contributed by atoms with Gasteiger partial charge in [0.25, 0.3) is 11.8 Å². The molecule has 2 amide bonds. The summed E-state index contributed by atoms with van der Waals surface area (Å²) < 4.78 is 0. The number of aromatic nitrogens is 2. The summed E-state index contributed by atoms with van der Waals surface area (Å²) in [6.45, 7) is 3.63. The van der Waals surface area contributed by atoms with E-state index >= 15 is 0 Å². The Morgan fingerprint density at radius 1 is 0.769 bits per heavy atom. The molecule has 2 N–H and O–H groups in total. The van der Waals surface area contributed by atoms with Gasteiger partial charge in [-0.3, -0.25) is 19.6 Å². The summed E-state index contributed by atoms with van der Waals surface area (Å²) in [5, 5.41) is 8.13. The predicted octanol–water partition coefficient (Wildman–Crippen LogP) is 2.17. The summed E-state index contributed by atoms with van der Waals surface area (Å²) in [7, 11) is 0. The van der Waals surface area contributed by atoms with Crippen molar-refractivity contribution in [3.05, 3.63) is 60.2 Å². The highest BCUT2D eigenvalue weighted by atomic mass is 16.2. The van der Waals surface area contributed by atoms with Crippen LogP contribution < -0.4 is 10.9 Å². The molecule has 0 atom stereocenters. The van der Waals surface area contributed by atoms with Crippen molar-refractivity contribution in [2.24, 2.45) is 10.2 Å². The average molecular weight is 352 g/mol. The molecule has 0 bridgehead atoms. The second-order valence-electron chi connectivity index (χ2n) is 5.55. The van der Waals surface area contributed by atoms with Crippen LogP contribution in [0.2, 0.25) is 0 Å². The molecule has 0 saturated carbocycles. The maximum atomic E-state index is 11.9. The topological polar surface area (TPSA) is 109 Å². The van der Waals surface area contributed by atoms with E-state index in [2.05, 4.69) is 31.0 Å². The Morgan fingerprint density at radius 3 is 1.46 bits per heavy atom. The molecular weight excluding hydrogens is 332 g/mol. The van der Waals surface area contributed by atoms with E-state index in [4.69, 9.17) is 0 Å². The number of hydrogen-bond donors (Lipinski definition) is 2. The van der Waals surface area contributed by atoms with Gasteiger partial charge in [0.2, 0.25) is 0 Å². The fourth-order valence-electron chi connectivity index (χ4n) is 1.90. The Labute approximate surface area is 151 Å². The number of carbonyl (C=O) groups excluding carboxylic acids is 2. The predicted molar refractivity (Wildman–Crippen MR) is 98.9 cm³/mol. The van der Waals surface area contributed by atoms with Crippen LogP contribution in [0.5, 0.6) is 0 Å². The highest BCUT2D eigenvalue weighted by molar-refractivity contribution is 5.96. The maximum absolute atomic E-state index is 11.9. The minimum Gasteiger partial charge on any atom is -0.267 e. The first-order valence-corrected chi connectivity index (χ1v) is 8.03. The number of nitrogens with one attached hydrogen (secondary N) is 2. The molecular formula is C18H20N6O2. The van der Waals surface area contributed by atoms with Crippen molar-refractivity contribution in [2.45, 2.75) is 26.7 Å². The number of hydrogen-bond acceptors (Lipinski definition) is 6. The van der Waals surface area contributed by atoms with E-state index in [1.165, 1.54) is 0 Å². The molecule has 0 aromatic carbocycles. The maximum Gasteiger partial charge on any atom is 0.271 e. The smallest absolute Gasteiger partial charge is 0.267 e. The van der Waals surface area contributed by atoms with Gasteiger partial charge >= 0.3 is 0 Å². The number of hydrazone groups is 2. The Bertz CT molecular complexity index is 733. The molecule has 0 spiro atoms. The summed E-state index contributed by atoms with van der Waals surface area (Å²) in [5.41, 5.74) is 7.49. The monoisotopic (exact) mass is 352 g/mol. The van der Waals surface area contributed by atoms with Crippen LogP contribution >= 0.6 is 0 Å². The van der Waals surface area contributed by atoms with Gasteiger partial charge in [0.15, 0.2) is 0 Å². The molecule has 0 aliphatic rings. The molecule has 0 unspecified atom stereocenters. The third kappa shape index (κ3) is 6.23. The van der Waals surface area contributed by atoms with Gasteiger partial charge in [-0.05, 0) is 51.0 Å². The van der Waals surface area contributed by atoms with Crippen LogP contribution in [0.1, 0.15) is 47.4 Å². The molecule has 2 aromatic heterocycles. The lowest BCUT2D eigenvalue weighted by atomic mass is 10.2. The number of carbonyl (C=O) groups is 2. The molecule has 2 rings (SSSR count). The van der Waals surface area contributed by atoms with Crippen molar-refractivity contribution in [2.75, 3.05) is 0 Å². The molecule has 0 aliphatic carbocycles. The highest BCUT2D eigenvalue weighted by Crippen LogP contribution is 1.99. The molecule has 2 aromatic rings. The van der Waals surface area contributed by atoms with E-state index in [1.807, 2.05) is 13.8 Å². The van der Waals surface area contributed by atoms with Gasteiger partial charge in [-0.2, -0.15) is 10.2 Å². The van der Waals surface area contributed by atoms with E-state index in [-0.39, 0.29) is 11.8 Å². The van der Waals surface area contributed by atoms with Crippen LogP contribution in [0, 0.1) is 0 Å². The third-order valence-corrected chi connectivity index (χ3v) is 3.43. The first-order valence-electron chi connectivity index (χ1n) is 8.03. The quantitative estimate of drug-likeness (QED) is 0.588. The van der Waals surface area contributed by atoms with Crippen LogP contribution in [0.25, 0.3) is 0 Å². The standard InChI is InChI=1S/C18H20N6O2/c1-13(21-23-17(25)15-5-9-19-10-6-15)3-4-14(2)22-24-18(26)16-7-11-20-12-8-16/h5-12H,3-4H2,1-2H3,(H,23,25)(H,24,26)/b21-13+,22-14+. The lowest BCUT2D eigenvalue weighted by molar-refractivity contribution is 0.0946. The molecule has 8 nitrogen and oxygen atoms in total. The summed E-state index contributed by atoms with van der Waals surface area (Å²) in [5.74, 6) is -0.580. The second-order valence-corrected chi connectivity index (χ2v) is 5.55. The lowest BCUT2D eigenvalue weighted by Gasteiger charge is -2.04. The van der Waals surface area contributed by atoms with Gasteiger partial charge in [-0.1, -0.05) is 0 Å². The minimum absolute atomic E-state index is 0.290. The van der Waals surface area contributed by atoms with Crippen molar-refractivity contribution >= 4 is 23.2 Å². The van der Waals surface area contributed by atoms with E-state index in [0.29, 0.717) is 24.0 Å². The van der Waals surface area contributed by atoms with Gasteiger partial charge in [0.1, 0.15) is 0 Å². The number of rotatable bonds is 7. The Balaban J connectivity index is 1.78. The molecule has 2 heterocycles. The first-order chi connectivity index (χ1) is 12.6. The van der Waals surface area contributed by atoms with Gasteiger partial charge in [-0.15, -0.1) is 0 Å². The zero-order valence-electron chi connectivity index (χ0n) is 14.6. The van der Waals surface area contributed by atoms with E-state index in [1.54, 1.807) is 49.1 Å².